The van der Waals surface area contributed by atoms with Crippen molar-refractivity contribution in [2.45, 2.75) is 18.6 Å². The molecule has 0 aliphatic carbocycles. The van der Waals surface area contributed by atoms with Gasteiger partial charge in [0.05, 0.1) is 12.3 Å². The van der Waals surface area contributed by atoms with Gasteiger partial charge in [-0.15, -0.1) is 5.10 Å². The molecule has 0 bridgehead atoms. The monoisotopic (exact) mass is 360 g/mol. The highest BCUT2D eigenvalue weighted by atomic mass is 32.2. The third-order valence-electron chi connectivity index (χ3n) is 4.08. The summed E-state index contributed by atoms with van der Waals surface area (Å²) in [4.78, 5) is 27.3. The lowest BCUT2D eigenvalue weighted by molar-refractivity contribution is -0.136. The molecule has 3 rings (SSSR count). The van der Waals surface area contributed by atoms with Gasteiger partial charge in [-0.25, -0.2) is 4.68 Å². The lowest BCUT2D eigenvalue weighted by Crippen LogP contribution is -2.50. The summed E-state index contributed by atoms with van der Waals surface area (Å²) in [7, 11) is 0. The number of benzene rings is 1. The smallest absolute Gasteiger partial charge is 0.233 e. The maximum Gasteiger partial charge on any atom is 0.233 e. The van der Waals surface area contributed by atoms with Gasteiger partial charge in [-0.1, -0.05) is 42.1 Å². The molecule has 2 aromatic rings. The van der Waals surface area contributed by atoms with E-state index >= 15 is 0 Å². The molecule has 0 saturated carbocycles. The van der Waals surface area contributed by atoms with E-state index in [4.69, 9.17) is 0 Å². The number of piperazine rings is 1. The first-order chi connectivity index (χ1) is 12.1. The molecule has 0 atom stereocenters. The Morgan fingerprint density at radius 1 is 1.08 bits per heavy atom. The molecule has 2 heterocycles. The molecule has 0 spiro atoms. The Bertz CT molecular complexity index is 727. The van der Waals surface area contributed by atoms with Gasteiger partial charge in [0.2, 0.25) is 17.0 Å². The average Bonchev–Trinajstić information content (AvgIpc) is 3.07. The van der Waals surface area contributed by atoms with Crippen molar-refractivity contribution in [1.29, 1.82) is 0 Å². The molecule has 1 aromatic carbocycles. The molecular formula is C16H20N6O2S. The normalized spacial score (nSPS) is 14.6. The van der Waals surface area contributed by atoms with E-state index in [1.807, 2.05) is 30.3 Å². The Balaban J connectivity index is 1.52. The predicted octanol–water partition coefficient (Wildman–Crippen LogP) is 0.504. The second kappa shape index (κ2) is 8.11. The zero-order chi connectivity index (χ0) is 17.6. The summed E-state index contributed by atoms with van der Waals surface area (Å²) >= 11 is 1.34. The van der Waals surface area contributed by atoms with Crippen LogP contribution in [-0.4, -0.2) is 73.8 Å². The summed E-state index contributed by atoms with van der Waals surface area (Å²) in [5, 5.41) is 12.3. The lowest BCUT2D eigenvalue weighted by atomic mass is 10.2. The van der Waals surface area contributed by atoms with Crippen molar-refractivity contribution < 1.29 is 9.59 Å². The van der Waals surface area contributed by atoms with Crippen molar-refractivity contribution in [3.8, 4) is 0 Å². The number of carbonyl (C=O) groups excluding carboxylic acids is 2. The fraction of sp³-hybridized carbons (Fsp3) is 0.438. The van der Waals surface area contributed by atoms with Crippen LogP contribution < -0.4 is 0 Å². The van der Waals surface area contributed by atoms with E-state index in [0.29, 0.717) is 37.9 Å². The maximum atomic E-state index is 12.4. The molecule has 25 heavy (non-hydrogen) atoms. The van der Waals surface area contributed by atoms with Crippen molar-refractivity contribution in [2.75, 3.05) is 31.9 Å². The summed E-state index contributed by atoms with van der Waals surface area (Å²) in [6, 6.07) is 9.92. The second-order valence-corrected chi connectivity index (χ2v) is 6.72. The molecular weight excluding hydrogens is 340 g/mol. The van der Waals surface area contributed by atoms with Crippen LogP contribution in [0.25, 0.3) is 0 Å². The van der Waals surface area contributed by atoms with Gasteiger partial charge in [0.15, 0.2) is 0 Å². The average molecular weight is 360 g/mol. The molecule has 0 N–H and O–H groups in total. The minimum atomic E-state index is 0.0439. The van der Waals surface area contributed by atoms with Gasteiger partial charge in [0.1, 0.15) is 0 Å². The predicted molar refractivity (Wildman–Crippen MR) is 92.9 cm³/mol. The highest BCUT2D eigenvalue weighted by molar-refractivity contribution is 7.99. The SMILES string of the molecule is CC(=O)N1CCN(C(=O)CSc2nnnn2Cc2ccccc2)CC1. The Morgan fingerprint density at radius 2 is 1.76 bits per heavy atom. The summed E-state index contributed by atoms with van der Waals surface area (Å²) in [5.74, 6) is 0.388. The van der Waals surface area contributed by atoms with Crippen molar-refractivity contribution in [3.63, 3.8) is 0 Å². The molecule has 0 radical (unpaired) electrons. The molecule has 2 amide bonds. The second-order valence-electron chi connectivity index (χ2n) is 5.78. The number of hydrogen-bond acceptors (Lipinski definition) is 6. The van der Waals surface area contributed by atoms with Crippen molar-refractivity contribution >= 4 is 23.6 Å². The number of tetrazole rings is 1. The van der Waals surface area contributed by atoms with Crippen LogP contribution >= 0.6 is 11.8 Å². The topological polar surface area (TPSA) is 84.2 Å². The quantitative estimate of drug-likeness (QED) is 0.722. The van der Waals surface area contributed by atoms with Crippen LogP contribution in [0.4, 0.5) is 0 Å². The van der Waals surface area contributed by atoms with E-state index in [-0.39, 0.29) is 17.6 Å². The molecule has 9 heteroatoms. The van der Waals surface area contributed by atoms with Crippen molar-refractivity contribution in [3.05, 3.63) is 35.9 Å². The van der Waals surface area contributed by atoms with Crippen LogP contribution in [0.5, 0.6) is 0 Å². The van der Waals surface area contributed by atoms with Crippen molar-refractivity contribution in [2.24, 2.45) is 0 Å². The Kier molecular flexibility index (Phi) is 5.64. The van der Waals surface area contributed by atoms with Gasteiger partial charge >= 0.3 is 0 Å². The third kappa shape index (κ3) is 4.56. The number of rotatable bonds is 5. The van der Waals surface area contributed by atoms with E-state index in [9.17, 15) is 9.59 Å². The number of aromatic nitrogens is 4. The van der Waals surface area contributed by atoms with Crippen LogP contribution in [0, 0.1) is 0 Å². The van der Waals surface area contributed by atoms with Gasteiger partial charge in [-0.2, -0.15) is 0 Å². The largest absolute Gasteiger partial charge is 0.339 e. The summed E-state index contributed by atoms with van der Waals surface area (Å²) < 4.78 is 1.70. The minimum absolute atomic E-state index is 0.0439. The van der Waals surface area contributed by atoms with E-state index in [2.05, 4.69) is 15.5 Å². The van der Waals surface area contributed by atoms with Crippen LogP contribution in [0.15, 0.2) is 35.5 Å². The highest BCUT2D eigenvalue weighted by Gasteiger charge is 2.22. The van der Waals surface area contributed by atoms with Gasteiger partial charge in [-0.3, -0.25) is 9.59 Å². The molecule has 8 nitrogen and oxygen atoms in total. The van der Waals surface area contributed by atoms with Gasteiger partial charge in [0.25, 0.3) is 0 Å². The van der Waals surface area contributed by atoms with Gasteiger partial charge in [-0.05, 0) is 16.0 Å². The van der Waals surface area contributed by atoms with Crippen molar-refractivity contribution in [1.82, 2.24) is 30.0 Å². The Hall–Kier alpha value is -2.42. The number of thioether (sulfide) groups is 1. The standard InChI is InChI=1S/C16H20N6O2S/c1-13(23)20-7-9-21(10-8-20)15(24)12-25-16-17-18-19-22(16)11-14-5-3-2-4-6-14/h2-6H,7-12H2,1H3. The fourth-order valence-electron chi connectivity index (χ4n) is 2.64. The lowest BCUT2D eigenvalue weighted by Gasteiger charge is -2.34. The van der Waals surface area contributed by atoms with E-state index in [1.54, 1.807) is 21.4 Å². The number of nitrogens with zero attached hydrogens (tertiary/aromatic N) is 6. The summed E-state index contributed by atoms with van der Waals surface area (Å²) in [6.07, 6.45) is 0. The molecule has 1 fully saturated rings. The first-order valence-electron chi connectivity index (χ1n) is 8.09. The van der Waals surface area contributed by atoms with Gasteiger partial charge < -0.3 is 9.80 Å². The van der Waals surface area contributed by atoms with E-state index in [0.717, 1.165) is 5.56 Å². The molecule has 1 aliphatic heterocycles. The first kappa shape index (κ1) is 17.4. The van der Waals surface area contributed by atoms with Crippen LogP contribution in [0.2, 0.25) is 0 Å². The zero-order valence-electron chi connectivity index (χ0n) is 14.0. The molecule has 1 aromatic heterocycles. The summed E-state index contributed by atoms with van der Waals surface area (Å²) in [6.45, 7) is 4.47. The first-order valence-corrected chi connectivity index (χ1v) is 9.08. The zero-order valence-corrected chi connectivity index (χ0v) is 14.9. The van der Waals surface area contributed by atoms with E-state index < -0.39 is 0 Å². The number of hydrogen-bond donors (Lipinski definition) is 0. The minimum Gasteiger partial charge on any atom is -0.339 e. The molecule has 132 valence electrons. The van der Waals surface area contributed by atoms with Crippen LogP contribution in [0.3, 0.4) is 0 Å². The number of carbonyl (C=O) groups is 2. The molecule has 1 aliphatic rings. The highest BCUT2D eigenvalue weighted by Crippen LogP contribution is 2.16. The Morgan fingerprint density at radius 3 is 2.44 bits per heavy atom. The van der Waals surface area contributed by atoms with Crippen LogP contribution in [0.1, 0.15) is 12.5 Å². The molecule has 0 unspecified atom stereocenters. The third-order valence-corrected chi connectivity index (χ3v) is 5.02. The van der Waals surface area contributed by atoms with Crippen LogP contribution in [-0.2, 0) is 16.1 Å². The van der Waals surface area contributed by atoms with E-state index in [1.165, 1.54) is 11.8 Å². The molecule has 1 saturated heterocycles. The fourth-order valence-corrected chi connectivity index (χ4v) is 3.42. The van der Waals surface area contributed by atoms with Gasteiger partial charge in [0, 0.05) is 33.1 Å². The summed E-state index contributed by atoms with van der Waals surface area (Å²) in [5.41, 5.74) is 1.10. The maximum absolute atomic E-state index is 12.4. The number of amides is 2. The Labute approximate surface area is 150 Å².